The van der Waals surface area contributed by atoms with Gasteiger partial charge in [-0.1, -0.05) is 39.8 Å². The molecule has 0 saturated carbocycles. The Morgan fingerprint density at radius 2 is 1.04 bits per heavy atom. The van der Waals surface area contributed by atoms with Crippen LogP contribution in [0.4, 0.5) is 5.95 Å². The van der Waals surface area contributed by atoms with E-state index in [0.29, 0.717) is 31.6 Å². The average molecular weight is 659 g/mol. The summed E-state index contributed by atoms with van der Waals surface area (Å²) >= 11 is 0. The lowest BCUT2D eigenvalue weighted by Crippen LogP contribution is -2.62. The van der Waals surface area contributed by atoms with E-state index >= 15 is 0 Å². The van der Waals surface area contributed by atoms with Crippen LogP contribution in [0.25, 0.3) is 0 Å². The van der Waals surface area contributed by atoms with Crippen molar-refractivity contribution in [3.05, 3.63) is 25.3 Å². The molecule has 0 N–H and O–H groups in total. The van der Waals surface area contributed by atoms with Crippen molar-refractivity contribution in [2.45, 2.75) is 155 Å². The Bertz CT molecular complexity index is 1140. The molecule has 12 nitrogen and oxygen atoms in total. The van der Waals surface area contributed by atoms with Crippen LogP contribution in [-0.2, 0) is 19.3 Å². The first kappa shape index (κ1) is 38.2. The van der Waals surface area contributed by atoms with Crippen molar-refractivity contribution in [3.8, 4) is 12.0 Å². The molecule has 3 rings (SSSR count). The third-order valence-corrected chi connectivity index (χ3v) is 8.78. The molecule has 2 saturated heterocycles. The van der Waals surface area contributed by atoms with E-state index in [1.165, 1.54) is 12.2 Å². The van der Waals surface area contributed by atoms with E-state index in [-0.39, 0.29) is 24.2 Å². The Kier molecular flexibility index (Phi) is 12.4. The van der Waals surface area contributed by atoms with Crippen molar-refractivity contribution >= 4 is 17.9 Å². The smallest absolute Gasteiger partial charge is 0.349 e. The predicted octanol–water partition coefficient (Wildman–Crippen LogP) is 6.37. The van der Waals surface area contributed by atoms with Crippen molar-refractivity contribution in [1.82, 2.24) is 25.1 Å². The lowest BCUT2D eigenvalue weighted by molar-refractivity contribution is -0.271. The Hall–Kier alpha value is -3.25. The number of hydrogen-bond acceptors (Lipinski definition) is 12. The molecular weight excluding hydrogens is 600 g/mol. The van der Waals surface area contributed by atoms with Crippen molar-refractivity contribution in [2.75, 3.05) is 18.0 Å². The molecule has 0 aromatic carbocycles. The SMILES string of the molecule is C=CC(=O)ON1C(C)(C)CC(Oc2nc(OC3CC(C)(C)N(OC(=O)C=C)C(C)(C)C3)nc(N(CCCC)CCCC)n2)CC1(C)C. The Morgan fingerprint density at radius 3 is 1.34 bits per heavy atom. The number of hydrogen-bond donors (Lipinski definition) is 0. The van der Waals surface area contributed by atoms with Gasteiger partial charge < -0.3 is 24.0 Å². The molecule has 2 aliphatic heterocycles. The molecule has 0 radical (unpaired) electrons. The summed E-state index contributed by atoms with van der Waals surface area (Å²) in [5.74, 6) is -0.465. The van der Waals surface area contributed by atoms with Gasteiger partial charge in [-0.2, -0.15) is 9.97 Å². The third kappa shape index (κ3) is 9.88. The average Bonchev–Trinajstić information content (AvgIpc) is 2.95. The summed E-state index contributed by atoms with van der Waals surface area (Å²) in [5, 5.41) is 3.49. The van der Waals surface area contributed by atoms with Crippen LogP contribution in [0.5, 0.6) is 12.0 Å². The molecule has 47 heavy (non-hydrogen) atoms. The highest BCUT2D eigenvalue weighted by atomic mass is 16.7. The van der Waals surface area contributed by atoms with Gasteiger partial charge in [0.25, 0.3) is 0 Å². The molecule has 1 aromatic rings. The summed E-state index contributed by atoms with van der Waals surface area (Å²) in [4.78, 5) is 52.2. The number of aromatic nitrogens is 3. The second-order valence-electron chi connectivity index (χ2n) is 15.3. The fourth-order valence-corrected chi connectivity index (χ4v) is 7.14. The highest BCUT2D eigenvalue weighted by Gasteiger charge is 2.50. The molecule has 0 unspecified atom stereocenters. The van der Waals surface area contributed by atoms with Crippen LogP contribution in [0.15, 0.2) is 25.3 Å². The summed E-state index contributed by atoms with van der Waals surface area (Å²) < 4.78 is 13.1. The Morgan fingerprint density at radius 1 is 0.702 bits per heavy atom. The number of carbonyl (C=O) groups excluding carboxylic acids is 2. The molecule has 1 aromatic heterocycles. The van der Waals surface area contributed by atoms with Crippen LogP contribution in [0.3, 0.4) is 0 Å². The van der Waals surface area contributed by atoms with Gasteiger partial charge in [-0.3, -0.25) is 0 Å². The zero-order valence-electron chi connectivity index (χ0n) is 30.4. The highest BCUT2D eigenvalue weighted by molar-refractivity contribution is 5.81. The fraction of sp³-hybridized carbons (Fsp3) is 0.743. The minimum absolute atomic E-state index is 0.201. The van der Waals surface area contributed by atoms with E-state index in [0.717, 1.165) is 38.8 Å². The van der Waals surface area contributed by atoms with E-state index in [4.69, 9.17) is 34.1 Å². The number of rotatable bonds is 15. The summed E-state index contributed by atoms with van der Waals surface area (Å²) in [7, 11) is 0. The third-order valence-electron chi connectivity index (χ3n) is 8.78. The van der Waals surface area contributed by atoms with Gasteiger partial charge in [0.1, 0.15) is 12.2 Å². The first-order chi connectivity index (χ1) is 21.9. The zero-order chi connectivity index (χ0) is 35.2. The maximum absolute atomic E-state index is 12.2. The molecule has 0 amide bonds. The van der Waals surface area contributed by atoms with Gasteiger partial charge in [0.05, 0.1) is 22.2 Å². The van der Waals surface area contributed by atoms with Gasteiger partial charge in [-0.25, -0.2) is 9.59 Å². The number of piperidine rings is 2. The first-order valence-corrected chi connectivity index (χ1v) is 17.0. The molecule has 0 spiro atoms. The van der Waals surface area contributed by atoms with Crippen LogP contribution in [-0.4, -0.2) is 84.5 Å². The van der Waals surface area contributed by atoms with Gasteiger partial charge in [0.15, 0.2) is 0 Å². The minimum Gasteiger partial charge on any atom is -0.460 e. The quantitative estimate of drug-likeness (QED) is 0.195. The number of unbranched alkanes of at least 4 members (excludes halogenated alkanes) is 2. The molecule has 0 bridgehead atoms. The number of anilines is 1. The molecule has 0 atom stereocenters. The zero-order valence-corrected chi connectivity index (χ0v) is 30.4. The van der Waals surface area contributed by atoms with Crippen LogP contribution in [0, 0.1) is 0 Å². The highest BCUT2D eigenvalue weighted by Crippen LogP contribution is 2.42. The molecule has 264 valence electrons. The summed E-state index contributed by atoms with van der Waals surface area (Å²) in [6.07, 6.45) is 8.16. The second kappa shape index (κ2) is 15.3. The summed E-state index contributed by atoms with van der Waals surface area (Å²) in [6, 6.07) is 0.402. The van der Waals surface area contributed by atoms with E-state index in [9.17, 15) is 9.59 Å². The van der Waals surface area contributed by atoms with E-state index in [1.807, 2.05) is 55.4 Å². The first-order valence-electron chi connectivity index (χ1n) is 17.0. The van der Waals surface area contributed by atoms with Gasteiger partial charge >= 0.3 is 24.0 Å². The normalized spacial score (nSPS) is 21.0. The fourth-order valence-electron chi connectivity index (χ4n) is 7.14. The lowest BCUT2D eigenvalue weighted by Gasteiger charge is -2.52. The van der Waals surface area contributed by atoms with Crippen LogP contribution in [0.2, 0.25) is 0 Å². The number of carbonyl (C=O) groups is 2. The van der Waals surface area contributed by atoms with Gasteiger partial charge in [-0.05, 0) is 68.2 Å². The minimum atomic E-state index is -0.533. The van der Waals surface area contributed by atoms with Crippen molar-refractivity contribution in [3.63, 3.8) is 0 Å². The maximum atomic E-state index is 12.2. The van der Waals surface area contributed by atoms with Crippen LogP contribution < -0.4 is 14.4 Å². The van der Waals surface area contributed by atoms with Gasteiger partial charge in [-0.15, -0.1) is 15.1 Å². The number of nitrogens with zero attached hydrogens (tertiary/aromatic N) is 6. The molecule has 2 aliphatic rings. The largest absolute Gasteiger partial charge is 0.460 e. The molecule has 12 heteroatoms. The topological polar surface area (TPSA) is 119 Å². The van der Waals surface area contributed by atoms with Gasteiger partial charge in [0.2, 0.25) is 5.95 Å². The van der Waals surface area contributed by atoms with E-state index in [1.54, 1.807) is 10.1 Å². The molecule has 3 heterocycles. The van der Waals surface area contributed by atoms with E-state index < -0.39 is 34.1 Å². The van der Waals surface area contributed by atoms with Gasteiger partial charge in [0, 0.05) is 50.9 Å². The number of ether oxygens (including phenoxy) is 2. The van der Waals surface area contributed by atoms with Crippen molar-refractivity contribution < 1.29 is 28.7 Å². The summed E-state index contributed by atoms with van der Waals surface area (Å²) in [6.45, 7) is 29.2. The van der Waals surface area contributed by atoms with Crippen molar-refractivity contribution in [2.24, 2.45) is 0 Å². The lowest BCUT2D eigenvalue weighted by atomic mass is 9.80. The van der Waals surface area contributed by atoms with Crippen molar-refractivity contribution in [1.29, 1.82) is 0 Å². The Balaban J connectivity index is 1.95. The van der Waals surface area contributed by atoms with E-state index in [2.05, 4.69) is 31.9 Å². The molecule has 0 aliphatic carbocycles. The predicted molar refractivity (Wildman–Crippen MR) is 182 cm³/mol. The standard InChI is InChI=1S/C35H58N6O6/c1-13-17-19-39(20-18-14-2)29-36-30(44-25-21-32(5,6)40(33(7,8)22-25)46-27(42)15-3)38-31(37-29)45-26-23-34(9,10)41(35(11,12)24-26)47-28(43)16-4/h15-16,25-26H,3-4,13-14,17-24H2,1-2,5-12H3. The Labute approximate surface area is 281 Å². The maximum Gasteiger partial charge on any atom is 0.349 e. The second-order valence-corrected chi connectivity index (χ2v) is 15.3. The van der Waals surface area contributed by atoms with Crippen LogP contribution in [0.1, 0.15) is 121 Å². The monoisotopic (exact) mass is 658 g/mol. The molecule has 2 fully saturated rings. The number of hydroxylamine groups is 4. The summed E-state index contributed by atoms with van der Waals surface area (Å²) in [5.41, 5.74) is -2.13. The molecular formula is C35H58N6O6. The van der Waals surface area contributed by atoms with Crippen LogP contribution >= 0.6 is 0 Å².